The molecule has 0 aliphatic rings. The third kappa shape index (κ3) is 4.67. The van der Waals surface area contributed by atoms with Gasteiger partial charge < -0.3 is 4.90 Å². The van der Waals surface area contributed by atoms with Crippen LogP contribution in [0.4, 0.5) is 11.4 Å². The van der Waals surface area contributed by atoms with Crippen LogP contribution in [0.1, 0.15) is 10.6 Å². The van der Waals surface area contributed by atoms with Crippen molar-refractivity contribution in [2.24, 2.45) is 10.1 Å². The van der Waals surface area contributed by atoms with Gasteiger partial charge in [-0.05, 0) is 42.0 Å². The fourth-order valence-electron chi connectivity index (χ4n) is 2.75. The number of para-hydroxylation sites is 2. The molecule has 0 bridgehead atoms. The van der Waals surface area contributed by atoms with Crippen molar-refractivity contribution in [2.75, 3.05) is 19.0 Å². The van der Waals surface area contributed by atoms with E-state index in [1.807, 2.05) is 74.8 Å². The van der Waals surface area contributed by atoms with E-state index in [9.17, 15) is 0 Å². The van der Waals surface area contributed by atoms with Gasteiger partial charge in [-0.2, -0.15) is 5.10 Å². The van der Waals surface area contributed by atoms with E-state index >= 15 is 0 Å². The van der Waals surface area contributed by atoms with E-state index in [4.69, 9.17) is 9.98 Å². The lowest BCUT2D eigenvalue weighted by atomic mass is 10.2. The Kier molecular flexibility index (Phi) is 5.63. The molecule has 4 rings (SSSR count). The van der Waals surface area contributed by atoms with Gasteiger partial charge in [0, 0.05) is 19.8 Å². The van der Waals surface area contributed by atoms with Gasteiger partial charge in [0.05, 0.1) is 22.1 Å². The van der Waals surface area contributed by atoms with E-state index in [-0.39, 0.29) is 0 Å². The largest absolute Gasteiger partial charge is 0.378 e. The first-order chi connectivity index (χ1) is 14.2. The Bertz CT molecular complexity index is 1110. The molecule has 0 amide bonds. The molecule has 1 heterocycles. The van der Waals surface area contributed by atoms with Gasteiger partial charge in [0.1, 0.15) is 0 Å². The second kappa shape index (κ2) is 8.67. The first-order valence-electron chi connectivity index (χ1n) is 9.25. The minimum absolute atomic E-state index is 0.624. The van der Waals surface area contributed by atoms with Crippen LogP contribution in [0.25, 0.3) is 10.2 Å². The summed E-state index contributed by atoms with van der Waals surface area (Å²) < 4.78 is 1.12. The second-order valence-electron chi connectivity index (χ2n) is 6.64. The number of rotatable bonds is 5. The fraction of sp³-hybridized carbons (Fsp3) is 0.0870. The summed E-state index contributed by atoms with van der Waals surface area (Å²) in [5, 5.41) is 5.21. The first kappa shape index (κ1) is 18.8. The molecule has 0 saturated heterocycles. The van der Waals surface area contributed by atoms with E-state index in [0.29, 0.717) is 5.84 Å². The second-order valence-corrected chi connectivity index (χ2v) is 7.67. The molecule has 6 heteroatoms. The Morgan fingerprint density at radius 2 is 1.66 bits per heavy atom. The Morgan fingerprint density at radius 3 is 2.38 bits per heavy atom. The van der Waals surface area contributed by atoms with Crippen LogP contribution >= 0.6 is 11.3 Å². The molecule has 1 N–H and O–H groups in total. The van der Waals surface area contributed by atoms with Gasteiger partial charge in [-0.3, -0.25) is 5.43 Å². The Hall–Kier alpha value is -3.51. The zero-order valence-corrected chi connectivity index (χ0v) is 17.1. The number of hydrogen-bond acceptors (Lipinski definition) is 5. The molecule has 5 nitrogen and oxygen atoms in total. The zero-order chi connectivity index (χ0) is 20.1. The topological polar surface area (TPSA) is 52.9 Å². The van der Waals surface area contributed by atoms with Crippen LogP contribution in [0, 0.1) is 0 Å². The highest BCUT2D eigenvalue weighted by atomic mass is 32.1. The smallest absolute Gasteiger partial charge is 0.183 e. The number of amidine groups is 1. The first-order valence-corrected chi connectivity index (χ1v) is 10.1. The Labute approximate surface area is 174 Å². The summed E-state index contributed by atoms with van der Waals surface area (Å²) in [5.74, 6) is 0.624. The Balaban J connectivity index is 1.61. The van der Waals surface area contributed by atoms with Crippen molar-refractivity contribution in [3.63, 3.8) is 0 Å². The molecular formula is C23H21N5S. The molecule has 0 fully saturated rings. The van der Waals surface area contributed by atoms with Gasteiger partial charge in [0.15, 0.2) is 10.8 Å². The summed E-state index contributed by atoms with van der Waals surface area (Å²) in [6, 6.07) is 26.1. The number of thiazole rings is 1. The highest BCUT2D eigenvalue weighted by molar-refractivity contribution is 7.20. The van der Waals surface area contributed by atoms with Gasteiger partial charge in [-0.1, -0.05) is 42.5 Å². The maximum Gasteiger partial charge on any atom is 0.183 e. The quantitative estimate of drug-likeness (QED) is 0.290. The Morgan fingerprint density at radius 1 is 0.931 bits per heavy atom. The molecule has 144 valence electrons. The molecule has 1 aromatic heterocycles. The summed E-state index contributed by atoms with van der Waals surface area (Å²) in [5.41, 5.74) is 7.05. The summed E-state index contributed by atoms with van der Waals surface area (Å²) in [6.07, 6.45) is 1.78. The van der Waals surface area contributed by atoms with Crippen LogP contribution in [0.3, 0.4) is 0 Å². The van der Waals surface area contributed by atoms with Gasteiger partial charge in [0.2, 0.25) is 0 Å². The van der Waals surface area contributed by atoms with Crippen LogP contribution in [0.5, 0.6) is 0 Å². The molecule has 0 atom stereocenters. The van der Waals surface area contributed by atoms with Crippen molar-refractivity contribution in [2.45, 2.75) is 0 Å². The van der Waals surface area contributed by atoms with E-state index in [1.165, 1.54) is 0 Å². The summed E-state index contributed by atoms with van der Waals surface area (Å²) >= 11 is 1.59. The van der Waals surface area contributed by atoms with Crippen LogP contribution < -0.4 is 10.3 Å². The van der Waals surface area contributed by atoms with Gasteiger partial charge in [-0.25, -0.2) is 9.98 Å². The monoisotopic (exact) mass is 399 g/mol. The molecular weight excluding hydrogens is 378 g/mol. The van der Waals surface area contributed by atoms with Crippen molar-refractivity contribution >= 4 is 45.0 Å². The van der Waals surface area contributed by atoms with E-state index in [2.05, 4.69) is 33.6 Å². The predicted octanol–water partition coefficient (Wildman–Crippen LogP) is 5.06. The average molecular weight is 400 g/mol. The molecule has 29 heavy (non-hydrogen) atoms. The number of aliphatic imine (C=N–C) groups is 1. The van der Waals surface area contributed by atoms with Crippen LogP contribution in [-0.2, 0) is 0 Å². The standard InChI is InChI=1S/C23H21N5S/c1-28(2)19-14-12-17(13-15-19)16-24-27-22(25-18-8-4-3-5-9-18)23-26-20-10-6-7-11-21(20)29-23/h3-16H,1-2H3,(H,25,27)/b24-16+. The van der Waals surface area contributed by atoms with Crippen molar-refractivity contribution in [3.8, 4) is 0 Å². The third-order valence-electron chi connectivity index (χ3n) is 4.29. The number of hydrazone groups is 1. The SMILES string of the molecule is CN(C)c1ccc(/C=N/NC(=Nc2ccccc2)c2nc3ccccc3s2)cc1. The number of benzene rings is 3. The van der Waals surface area contributed by atoms with Gasteiger partial charge in [-0.15, -0.1) is 11.3 Å². The number of nitrogens with zero attached hydrogens (tertiary/aromatic N) is 4. The van der Waals surface area contributed by atoms with Gasteiger partial charge >= 0.3 is 0 Å². The van der Waals surface area contributed by atoms with Gasteiger partial charge in [0.25, 0.3) is 0 Å². The average Bonchev–Trinajstić information content (AvgIpc) is 3.18. The number of anilines is 1. The number of aromatic nitrogens is 1. The fourth-order valence-corrected chi connectivity index (χ4v) is 3.66. The number of nitrogens with one attached hydrogen (secondary N) is 1. The molecule has 4 aromatic rings. The van der Waals surface area contributed by atoms with E-state index < -0.39 is 0 Å². The normalized spacial score (nSPS) is 11.9. The highest BCUT2D eigenvalue weighted by Gasteiger charge is 2.10. The maximum atomic E-state index is 4.73. The highest BCUT2D eigenvalue weighted by Crippen LogP contribution is 2.23. The molecule has 0 spiro atoms. The summed E-state index contributed by atoms with van der Waals surface area (Å²) in [4.78, 5) is 11.5. The molecule has 0 radical (unpaired) electrons. The van der Waals surface area contributed by atoms with Crippen molar-refractivity contribution in [1.82, 2.24) is 10.4 Å². The minimum Gasteiger partial charge on any atom is -0.378 e. The molecule has 0 aliphatic carbocycles. The number of fused-ring (bicyclic) bond motifs is 1. The van der Waals surface area contributed by atoms with Crippen molar-refractivity contribution in [1.29, 1.82) is 0 Å². The molecule has 0 unspecified atom stereocenters. The zero-order valence-electron chi connectivity index (χ0n) is 16.3. The van der Waals surface area contributed by atoms with E-state index in [0.717, 1.165) is 32.2 Å². The minimum atomic E-state index is 0.624. The lowest BCUT2D eigenvalue weighted by Gasteiger charge is -2.11. The van der Waals surface area contributed by atoms with Crippen LogP contribution in [0.2, 0.25) is 0 Å². The van der Waals surface area contributed by atoms with Crippen molar-refractivity contribution in [3.05, 3.63) is 89.4 Å². The van der Waals surface area contributed by atoms with Crippen LogP contribution in [0.15, 0.2) is 89.0 Å². The van der Waals surface area contributed by atoms with E-state index in [1.54, 1.807) is 17.6 Å². The van der Waals surface area contributed by atoms with Crippen LogP contribution in [-0.4, -0.2) is 31.1 Å². The third-order valence-corrected chi connectivity index (χ3v) is 5.33. The van der Waals surface area contributed by atoms with Crippen molar-refractivity contribution < 1.29 is 0 Å². The summed E-state index contributed by atoms with van der Waals surface area (Å²) in [6.45, 7) is 0. The lowest BCUT2D eigenvalue weighted by molar-refractivity contribution is 1.03. The number of hydrogen-bond donors (Lipinski definition) is 1. The lowest BCUT2D eigenvalue weighted by Crippen LogP contribution is -2.18. The molecule has 0 saturated carbocycles. The molecule has 0 aliphatic heterocycles. The predicted molar refractivity (Wildman–Crippen MR) is 124 cm³/mol. The summed E-state index contributed by atoms with van der Waals surface area (Å²) in [7, 11) is 4.05. The maximum absolute atomic E-state index is 4.73. The molecule has 3 aromatic carbocycles.